The zero-order valence-corrected chi connectivity index (χ0v) is 14.1. The summed E-state index contributed by atoms with van der Waals surface area (Å²) in [5, 5.41) is 2.60. The van der Waals surface area contributed by atoms with Gasteiger partial charge in [0.25, 0.3) is 0 Å². The zero-order valence-electron chi connectivity index (χ0n) is 11.7. The van der Waals surface area contributed by atoms with Crippen molar-refractivity contribution in [1.29, 1.82) is 0 Å². The van der Waals surface area contributed by atoms with Gasteiger partial charge in [0.05, 0.1) is 5.69 Å². The number of piperidine rings is 1. The highest BCUT2D eigenvalue weighted by molar-refractivity contribution is 9.10. The first kappa shape index (κ1) is 16.3. The Bertz CT molecular complexity index is 640. The maximum Gasteiger partial charge on any atom is 0.245 e. The minimum absolute atomic E-state index is 0.0333. The SMILES string of the molecule is CNC(=O)C1CCN(S(=O)(=O)c2cc(Br)ccc2N)CC1. The molecule has 1 aromatic rings. The molecule has 0 unspecified atom stereocenters. The van der Waals surface area contributed by atoms with Crippen molar-refractivity contribution in [3.63, 3.8) is 0 Å². The molecule has 0 aliphatic carbocycles. The smallest absolute Gasteiger partial charge is 0.245 e. The Kier molecular flexibility index (Phi) is 4.90. The molecule has 116 valence electrons. The van der Waals surface area contributed by atoms with Crippen LogP contribution in [0.2, 0.25) is 0 Å². The molecule has 1 aliphatic heterocycles. The van der Waals surface area contributed by atoms with Crippen molar-refractivity contribution in [2.45, 2.75) is 17.7 Å². The van der Waals surface area contributed by atoms with Crippen molar-refractivity contribution < 1.29 is 13.2 Å². The molecule has 0 spiro atoms. The quantitative estimate of drug-likeness (QED) is 0.775. The number of nitrogens with two attached hydrogens (primary N) is 1. The van der Waals surface area contributed by atoms with E-state index in [1.165, 1.54) is 10.4 Å². The van der Waals surface area contributed by atoms with Gasteiger partial charge < -0.3 is 11.1 Å². The van der Waals surface area contributed by atoms with E-state index in [0.717, 1.165) is 0 Å². The number of halogens is 1. The van der Waals surface area contributed by atoms with Gasteiger partial charge in [0.1, 0.15) is 4.90 Å². The summed E-state index contributed by atoms with van der Waals surface area (Å²) in [6, 6.07) is 4.77. The predicted molar refractivity (Wildman–Crippen MR) is 84.1 cm³/mol. The Hall–Kier alpha value is -1.12. The van der Waals surface area contributed by atoms with Crippen LogP contribution in [0, 0.1) is 5.92 Å². The highest BCUT2D eigenvalue weighted by atomic mass is 79.9. The molecule has 3 N–H and O–H groups in total. The van der Waals surface area contributed by atoms with Crippen LogP contribution < -0.4 is 11.1 Å². The van der Waals surface area contributed by atoms with Gasteiger partial charge in [0.15, 0.2) is 0 Å². The fourth-order valence-electron chi connectivity index (χ4n) is 2.43. The molecule has 8 heteroatoms. The monoisotopic (exact) mass is 375 g/mol. The number of amides is 1. The lowest BCUT2D eigenvalue weighted by Gasteiger charge is -2.30. The zero-order chi connectivity index (χ0) is 15.6. The molecule has 1 heterocycles. The highest BCUT2D eigenvalue weighted by Gasteiger charge is 2.32. The van der Waals surface area contributed by atoms with Gasteiger partial charge >= 0.3 is 0 Å². The molecule has 6 nitrogen and oxygen atoms in total. The Morgan fingerprint density at radius 2 is 2.00 bits per heavy atom. The maximum atomic E-state index is 12.6. The molecule has 0 atom stereocenters. The molecule has 0 saturated carbocycles. The number of hydrogen-bond donors (Lipinski definition) is 2. The van der Waals surface area contributed by atoms with Crippen molar-refractivity contribution in [3.8, 4) is 0 Å². The summed E-state index contributed by atoms with van der Waals surface area (Å²) in [6.07, 6.45) is 1.04. The third kappa shape index (κ3) is 3.38. The molecule has 0 bridgehead atoms. The van der Waals surface area contributed by atoms with Gasteiger partial charge in [0, 0.05) is 30.5 Å². The van der Waals surface area contributed by atoms with E-state index in [-0.39, 0.29) is 22.4 Å². The van der Waals surface area contributed by atoms with Crippen LogP contribution in [0.15, 0.2) is 27.6 Å². The lowest BCUT2D eigenvalue weighted by Crippen LogP contribution is -2.42. The second-order valence-corrected chi connectivity index (χ2v) is 7.80. The van der Waals surface area contributed by atoms with Crippen LogP contribution in [0.4, 0.5) is 5.69 Å². The lowest BCUT2D eigenvalue weighted by molar-refractivity contribution is -0.125. The molecule has 1 aromatic carbocycles. The van der Waals surface area contributed by atoms with Gasteiger partial charge in [-0.2, -0.15) is 4.31 Å². The van der Waals surface area contributed by atoms with Crippen molar-refractivity contribution >= 4 is 37.5 Å². The van der Waals surface area contributed by atoms with Crippen molar-refractivity contribution in [2.24, 2.45) is 5.92 Å². The van der Waals surface area contributed by atoms with Crippen LogP contribution in [0.25, 0.3) is 0 Å². The van der Waals surface area contributed by atoms with E-state index < -0.39 is 10.0 Å². The number of nitrogen functional groups attached to an aromatic ring is 1. The number of nitrogens with zero attached hydrogens (tertiary/aromatic N) is 1. The largest absolute Gasteiger partial charge is 0.398 e. The van der Waals surface area contributed by atoms with E-state index in [2.05, 4.69) is 21.2 Å². The summed E-state index contributed by atoms with van der Waals surface area (Å²) in [5.74, 6) is -0.157. The summed E-state index contributed by atoms with van der Waals surface area (Å²) in [5.41, 5.74) is 6.02. The van der Waals surface area contributed by atoms with Gasteiger partial charge in [-0.15, -0.1) is 0 Å². The van der Waals surface area contributed by atoms with Gasteiger partial charge in [0.2, 0.25) is 15.9 Å². The molecular weight excluding hydrogens is 358 g/mol. The Labute approximate surface area is 132 Å². The first-order valence-corrected chi connectivity index (χ1v) is 8.86. The summed E-state index contributed by atoms with van der Waals surface area (Å²) in [6.45, 7) is 0.652. The predicted octanol–water partition coefficient (Wildman–Crippen LogP) is 1.18. The van der Waals surface area contributed by atoms with Crippen LogP contribution in [0.1, 0.15) is 12.8 Å². The lowest BCUT2D eigenvalue weighted by atomic mass is 9.97. The van der Waals surface area contributed by atoms with Crippen molar-refractivity contribution in [2.75, 3.05) is 25.9 Å². The van der Waals surface area contributed by atoms with Crippen LogP contribution >= 0.6 is 15.9 Å². The molecule has 2 rings (SSSR count). The van der Waals surface area contributed by atoms with Crippen molar-refractivity contribution in [1.82, 2.24) is 9.62 Å². The molecule has 1 aliphatic rings. The van der Waals surface area contributed by atoms with Crippen LogP contribution in [-0.2, 0) is 14.8 Å². The maximum absolute atomic E-state index is 12.6. The van der Waals surface area contributed by atoms with Gasteiger partial charge in [-0.25, -0.2) is 8.42 Å². The van der Waals surface area contributed by atoms with E-state index in [1.54, 1.807) is 19.2 Å². The average molecular weight is 376 g/mol. The number of rotatable bonds is 3. The average Bonchev–Trinajstić information content (AvgIpc) is 2.49. The second-order valence-electron chi connectivity index (χ2n) is 4.97. The summed E-state index contributed by atoms with van der Waals surface area (Å²) in [7, 11) is -2.03. The molecule has 1 fully saturated rings. The third-order valence-corrected chi connectivity index (χ3v) is 6.11. The summed E-state index contributed by atoms with van der Waals surface area (Å²) in [4.78, 5) is 11.7. The minimum Gasteiger partial charge on any atom is -0.398 e. The summed E-state index contributed by atoms with van der Waals surface area (Å²) >= 11 is 3.26. The fourth-order valence-corrected chi connectivity index (χ4v) is 4.56. The highest BCUT2D eigenvalue weighted by Crippen LogP contribution is 2.29. The van der Waals surface area contributed by atoms with Gasteiger partial charge in [-0.1, -0.05) is 15.9 Å². The number of sulfonamides is 1. The number of benzene rings is 1. The topological polar surface area (TPSA) is 92.5 Å². The third-order valence-electron chi connectivity index (χ3n) is 3.66. The van der Waals surface area contributed by atoms with Gasteiger partial charge in [-0.3, -0.25) is 4.79 Å². The van der Waals surface area contributed by atoms with E-state index in [1.807, 2.05) is 0 Å². The number of anilines is 1. The van der Waals surface area contributed by atoms with Crippen LogP contribution in [0.3, 0.4) is 0 Å². The Morgan fingerprint density at radius 1 is 1.38 bits per heavy atom. The molecule has 1 saturated heterocycles. The standard InChI is InChI=1S/C13H18BrN3O3S/c1-16-13(18)9-4-6-17(7-5-9)21(19,20)12-8-10(14)2-3-11(12)15/h2-3,8-9H,4-7,15H2,1H3,(H,16,18). The summed E-state index contributed by atoms with van der Waals surface area (Å²) < 4.78 is 27.3. The van der Waals surface area contributed by atoms with E-state index in [0.29, 0.717) is 30.4 Å². The van der Waals surface area contributed by atoms with E-state index >= 15 is 0 Å². The number of hydrogen-bond acceptors (Lipinski definition) is 4. The first-order valence-electron chi connectivity index (χ1n) is 6.63. The van der Waals surface area contributed by atoms with E-state index in [4.69, 9.17) is 5.73 Å². The van der Waals surface area contributed by atoms with Crippen molar-refractivity contribution in [3.05, 3.63) is 22.7 Å². The number of nitrogens with one attached hydrogen (secondary N) is 1. The minimum atomic E-state index is -3.62. The van der Waals surface area contributed by atoms with Gasteiger partial charge in [-0.05, 0) is 31.0 Å². The second kappa shape index (κ2) is 6.33. The molecule has 0 radical (unpaired) electrons. The molecular formula is C13H18BrN3O3S. The Morgan fingerprint density at radius 3 is 2.57 bits per heavy atom. The number of carbonyl (C=O) groups is 1. The van der Waals surface area contributed by atoms with Crippen LogP contribution in [0.5, 0.6) is 0 Å². The Balaban J connectivity index is 2.19. The molecule has 0 aromatic heterocycles. The number of carbonyl (C=O) groups excluding carboxylic acids is 1. The molecule has 1 amide bonds. The molecule has 21 heavy (non-hydrogen) atoms. The fraction of sp³-hybridized carbons (Fsp3) is 0.462. The first-order chi connectivity index (χ1) is 9.86. The van der Waals surface area contributed by atoms with E-state index in [9.17, 15) is 13.2 Å². The van der Waals surface area contributed by atoms with Crippen LogP contribution in [-0.4, -0.2) is 38.8 Å². The normalized spacial score (nSPS) is 17.6.